The molecule has 0 saturated heterocycles. The van der Waals surface area contributed by atoms with Crippen LogP contribution in [0.3, 0.4) is 0 Å². The van der Waals surface area contributed by atoms with Crippen LogP contribution in [0.1, 0.15) is 45.6 Å². The highest BCUT2D eigenvalue weighted by atomic mass is 32.1. The molecule has 0 unspecified atom stereocenters. The van der Waals surface area contributed by atoms with Crippen LogP contribution in [0, 0.1) is 16.7 Å². The van der Waals surface area contributed by atoms with Crippen LogP contribution in [0.5, 0.6) is 5.75 Å². The Labute approximate surface area is 150 Å². The van der Waals surface area contributed by atoms with Crippen molar-refractivity contribution in [3.8, 4) is 5.75 Å². The molecule has 1 aromatic carbocycles. The largest absolute Gasteiger partial charge is 0.497 e. The summed E-state index contributed by atoms with van der Waals surface area (Å²) in [7, 11) is 1.67. The normalized spacial score (nSPS) is 28.8. The number of thiocarbonyl (C=S) groups is 1. The molecule has 2 atom stereocenters. The second-order valence-electron chi connectivity index (χ2n) is 7.69. The Bertz CT molecular complexity index is 653. The molecule has 0 aliphatic heterocycles. The molecule has 0 spiro atoms. The van der Waals surface area contributed by atoms with Gasteiger partial charge in [0.1, 0.15) is 5.75 Å². The summed E-state index contributed by atoms with van der Waals surface area (Å²) in [4.78, 5) is 0. The first-order valence-electron chi connectivity index (χ1n) is 8.60. The Balaban J connectivity index is 1.54. The van der Waals surface area contributed by atoms with Crippen molar-refractivity contribution >= 4 is 23.0 Å². The van der Waals surface area contributed by atoms with Gasteiger partial charge in [0.2, 0.25) is 0 Å². The third-order valence-electron chi connectivity index (χ3n) is 6.42. The van der Waals surface area contributed by atoms with Crippen LogP contribution < -0.4 is 15.5 Å². The molecule has 2 aliphatic rings. The Morgan fingerprint density at radius 2 is 2.00 bits per heavy atom. The van der Waals surface area contributed by atoms with Gasteiger partial charge in [0.15, 0.2) is 5.11 Å². The smallest absolute Gasteiger partial charge is 0.187 e. The SMILES string of the molecule is COc1ccc(CNC(=S)N/N=C2/C[C@@H]3CC[C@]2(C)C3(C)C)cc1. The highest BCUT2D eigenvalue weighted by molar-refractivity contribution is 7.80. The molecule has 0 heterocycles. The molecule has 0 radical (unpaired) electrons. The Hall–Kier alpha value is -1.62. The first-order chi connectivity index (χ1) is 11.4. The number of hydrazone groups is 1. The van der Waals surface area contributed by atoms with Gasteiger partial charge in [-0.25, -0.2) is 0 Å². The summed E-state index contributed by atoms with van der Waals surface area (Å²) >= 11 is 5.36. The second-order valence-corrected chi connectivity index (χ2v) is 8.10. The van der Waals surface area contributed by atoms with E-state index in [4.69, 9.17) is 17.0 Å². The lowest BCUT2D eigenvalue weighted by atomic mass is 9.70. The predicted octanol–water partition coefficient (Wildman–Crippen LogP) is 3.86. The fourth-order valence-corrected chi connectivity index (χ4v) is 4.30. The van der Waals surface area contributed by atoms with Crippen LogP contribution in [0.2, 0.25) is 0 Å². The van der Waals surface area contributed by atoms with Crippen LogP contribution in [0.25, 0.3) is 0 Å². The molecule has 4 nitrogen and oxygen atoms in total. The molecule has 2 bridgehead atoms. The minimum absolute atomic E-state index is 0.205. The zero-order valence-electron chi connectivity index (χ0n) is 15.0. The van der Waals surface area contributed by atoms with Crippen molar-refractivity contribution in [3.63, 3.8) is 0 Å². The quantitative estimate of drug-likeness (QED) is 0.642. The van der Waals surface area contributed by atoms with Crippen LogP contribution in [0.4, 0.5) is 0 Å². The van der Waals surface area contributed by atoms with E-state index >= 15 is 0 Å². The highest BCUT2D eigenvalue weighted by Gasteiger charge is 2.59. The maximum Gasteiger partial charge on any atom is 0.187 e. The van der Waals surface area contributed by atoms with E-state index < -0.39 is 0 Å². The number of methoxy groups -OCH3 is 1. The van der Waals surface area contributed by atoms with Crippen LogP contribution in [0.15, 0.2) is 29.4 Å². The molecule has 2 aliphatic carbocycles. The molecule has 24 heavy (non-hydrogen) atoms. The topological polar surface area (TPSA) is 45.6 Å². The number of benzene rings is 1. The number of rotatable bonds is 4. The summed E-state index contributed by atoms with van der Waals surface area (Å²) in [6, 6.07) is 7.96. The third-order valence-corrected chi connectivity index (χ3v) is 6.65. The second kappa shape index (κ2) is 6.36. The van der Waals surface area contributed by atoms with Crippen molar-refractivity contribution in [2.45, 2.75) is 46.6 Å². The van der Waals surface area contributed by atoms with Gasteiger partial charge in [-0.1, -0.05) is 32.9 Å². The first-order valence-corrected chi connectivity index (χ1v) is 9.01. The summed E-state index contributed by atoms with van der Waals surface area (Å²) in [6.07, 6.45) is 3.65. The van der Waals surface area contributed by atoms with Crippen molar-refractivity contribution in [3.05, 3.63) is 29.8 Å². The Morgan fingerprint density at radius 1 is 1.29 bits per heavy atom. The minimum Gasteiger partial charge on any atom is -0.497 e. The summed E-state index contributed by atoms with van der Waals surface area (Å²) in [5.74, 6) is 1.61. The number of fused-ring (bicyclic) bond motifs is 2. The Morgan fingerprint density at radius 3 is 2.54 bits per heavy atom. The molecule has 2 N–H and O–H groups in total. The van der Waals surface area contributed by atoms with E-state index in [1.54, 1.807) is 7.11 Å². The van der Waals surface area contributed by atoms with E-state index in [2.05, 4.69) is 36.6 Å². The monoisotopic (exact) mass is 345 g/mol. The molecule has 0 amide bonds. The number of nitrogens with one attached hydrogen (secondary N) is 2. The zero-order chi connectivity index (χ0) is 17.4. The van der Waals surface area contributed by atoms with Crippen molar-refractivity contribution in [2.24, 2.45) is 21.8 Å². The van der Waals surface area contributed by atoms with Gasteiger partial charge in [0.05, 0.1) is 7.11 Å². The van der Waals surface area contributed by atoms with E-state index in [1.165, 1.54) is 18.6 Å². The maximum atomic E-state index is 5.36. The van der Waals surface area contributed by atoms with Crippen molar-refractivity contribution in [1.82, 2.24) is 10.7 Å². The molecule has 2 saturated carbocycles. The number of hydrogen-bond donors (Lipinski definition) is 2. The van der Waals surface area contributed by atoms with Gasteiger partial charge in [-0.05, 0) is 60.5 Å². The third kappa shape index (κ3) is 2.90. The standard InChI is InChI=1S/C19H27N3OS/c1-18(2)14-9-10-19(18,3)16(11-14)21-22-17(24)20-12-13-5-7-15(23-4)8-6-13/h5-8,14H,9-12H2,1-4H3,(H2,20,22,24)/b21-16-/t14-,19-/m0/s1. The van der Waals surface area contributed by atoms with Gasteiger partial charge in [0.25, 0.3) is 0 Å². The van der Waals surface area contributed by atoms with Crippen LogP contribution >= 0.6 is 12.2 Å². The molecular formula is C19H27N3OS. The first kappa shape index (κ1) is 17.2. The van der Waals surface area contributed by atoms with E-state index in [-0.39, 0.29) is 5.41 Å². The zero-order valence-corrected chi connectivity index (χ0v) is 15.8. The molecule has 0 aromatic heterocycles. The van der Waals surface area contributed by atoms with Crippen molar-refractivity contribution in [2.75, 3.05) is 7.11 Å². The summed E-state index contributed by atoms with van der Waals surface area (Å²) < 4.78 is 5.16. The molecule has 5 heteroatoms. The fourth-order valence-electron chi connectivity index (χ4n) is 4.18. The van der Waals surface area contributed by atoms with Crippen LogP contribution in [-0.2, 0) is 6.54 Å². The van der Waals surface area contributed by atoms with Crippen LogP contribution in [-0.4, -0.2) is 17.9 Å². The van der Waals surface area contributed by atoms with E-state index in [9.17, 15) is 0 Å². The molecule has 2 fully saturated rings. The van der Waals surface area contributed by atoms with E-state index in [1.807, 2.05) is 24.3 Å². The molecule has 130 valence electrons. The van der Waals surface area contributed by atoms with Gasteiger partial charge in [-0.15, -0.1) is 0 Å². The predicted molar refractivity (Wildman–Crippen MR) is 102 cm³/mol. The highest BCUT2D eigenvalue weighted by Crippen LogP contribution is 2.63. The molecular weight excluding hydrogens is 318 g/mol. The number of nitrogens with zero attached hydrogens (tertiary/aromatic N) is 1. The van der Waals surface area contributed by atoms with E-state index in [0.29, 0.717) is 17.1 Å². The van der Waals surface area contributed by atoms with Gasteiger partial charge in [0, 0.05) is 17.7 Å². The lowest BCUT2D eigenvalue weighted by Crippen LogP contribution is -2.36. The summed E-state index contributed by atoms with van der Waals surface area (Å²) in [5, 5.41) is 8.44. The lowest BCUT2D eigenvalue weighted by molar-refractivity contribution is 0.193. The average molecular weight is 346 g/mol. The molecule has 1 aromatic rings. The van der Waals surface area contributed by atoms with Gasteiger partial charge in [-0.2, -0.15) is 5.10 Å². The van der Waals surface area contributed by atoms with Crippen molar-refractivity contribution in [1.29, 1.82) is 0 Å². The van der Waals surface area contributed by atoms with Gasteiger partial charge < -0.3 is 10.1 Å². The summed E-state index contributed by atoms with van der Waals surface area (Å²) in [5.41, 5.74) is 6.02. The lowest BCUT2D eigenvalue weighted by Gasteiger charge is -2.34. The van der Waals surface area contributed by atoms with Gasteiger partial charge >= 0.3 is 0 Å². The fraction of sp³-hybridized carbons (Fsp3) is 0.579. The Kier molecular flexibility index (Phi) is 4.56. The molecule has 3 rings (SSSR count). The number of hydrogen-bond acceptors (Lipinski definition) is 3. The average Bonchev–Trinajstić information content (AvgIpc) is 2.91. The van der Waals surface area contributed by atoms with Crippen molar-refractivity contribution < 1.29 is 4.74 Å². The van der Waals surface area contributed by atoms with Gasteiger partial charge in [-0.3, -0.25) is 5.43 Å². The minimum atomic E-state index is 0.205. The maximum absolute atomic E-state index is 5.36. The van der Waals surface area contributed by atoms with E-state index in [0.717, 1.165) is 23.7 Å². The number of ether oxygens (including phenoxy) is 1. The summed E-state index contributed by atoms with van der Waals surface area (Å²) in [6.45, 7) is 7.79.